The van der Waals surface area contributed by atoms with Crippen LogP contribution in [0, 0.1) is 5.92 Å². The molecule has 2 heterocycles. The van der Waals surface area contributed by atoms with Gasteiger partial charge < -0.3 is 5.32 Å². The third-order valence-corrected chi connectivity index (χ3v) is 3.49. The van der Waals surface area contributed by atoms with Crippen LogP contribution >= 0.6 is 11.7 Å². The van der Waals surface area contributed by atoms with Crippen LogP contribution in [0.2, 0.25) is 0 Å². The first-order valence-corrected chi connectivity index (χ1v) is 6.23. The number of nitrogens with one attached hydrogen (secondary N) is 1. The zero-order valence-corrected chi connectivity index (χ0v) is 9.92. The van der Waals surface area contributed by atoms with Crippen LogP contribution in [0.4, 0.5) is 0 Å². The van der Waals surface area contributed by atoms with E-state index in [2.05, 4.69) is 39.2 Å². The fraction of sp³-hybridized carbons (Fsp3) is 0.333. The van der Waals surface area contributed by atoms with Gasteiger partial charge in [-0.05, 0) is 30.0 Å². The Balaban J connectivity index is 1.99. The molecule has 0 spiro atoms. The van der Waals surface area contributed by atoms with E-state index in [1.807, 2.05) is 6.07 Å². The summed E-state index contributed by atoms with van der Waals surface area (Å²) in [6.07, 6.45) is 3.42. The summed E-state index contributed by atoms with van der Waals surface area (Å²) in [5, 5.41) is 3.46. The highest BCUT2D eigenvalue weighted by molar-refractivity contribution is 7.00. The first kappa shape index (κ1) is 9.78. The first-order valence-electron chi connectivity index (χ1n) is 5.49. The third-order valence-electron chi connectivity index (χ3n) is 2.93. The highest BCUT2D eigenvalue weighted by atomic mass is 32.1. The van der Waals surface area contributed by atoms with Gasteiger partial charge in [0.05, 0.1) is 11.7 Å². The van der Waals surface area contributed by atoms with Gasteiger partial charge in [0.2, 0.25) is 0 Å². The van der Waals surface area contributed by atoms with E-state index < -0.39 is 0 Å². The first-order chi connectivity index (χ1) is 7.83. The molecule has 82 valence electrons. The molecule has 0 fully saturated rings. The summed E-state index contributed by atoms with van der Waals surface area (Å²) in [4.78, 5) is 0. The number of allylic oxidation sites excluding steroid dienone is 1. The predicted octanol–water partition coefficient (Wildman–Crippen LogP) is 2.66. The van der Waals surface area contributed by atoms with Gasteiger partial charge >= 0.3 is 0 Å². The minimum atomic E-state index is 0.730. The monoisotopic (exact) mass is 231 g/mol. The SMILES string of the molecule is CC1CC=C(c2ccc3nsnc3c2)NC1. The van der Waals surface area contributed by atoms with Gasteiger partial charge in [0, 0.05) is 12.2 Å². The van der Waals surface area contributed by atoms with Crippen LogP contribution in [-0.4, -0.2) is 15.3 Å². The van der Waals surface area contributed by atoms with Crippen LogP contribution in [0.3, 0.4) is 0 Å². The number of aromatic nitrogens is 2. The second kappa shape index (κ2) is 3.87. The smallest absolute Gasteiger partial charge is 0.105 e. The van der Waals surface area contributed by atoms with Crippen molar-refractivity contribution in [2.75, 3.05) is 6.54 Å². The summed E-state index contributed by atoms with van der Waals surface area (Å²) >= 11 is 1.27. The Kier molecular flexibility index (Phi) is 2.36. The third kappa shape index (κ3) is 1.69. The minimum absolute atomic E-state index is 0.730. The normalized spacial score (nSPS) is 20.6. The lowest BCUT2D eigenvalue weighted by atomic mass is 10.0. The zero-order chi connectivity index (χ0) is 11.0. The van der Waals surface area contributed by atoms with Crippen molar-refractivity contribution in [3.8, 4) is 0 Å². The summed E-state index contributed by atoms with van der Waals surface area (Å²) in [6, 6.07) is 6.25. The molecule has 3 rings (SSSR count). The van der Waals surface area contributed by atoms with Crippen molar-refractivity contribution < 1.29 is 0 Å². The van der Waals surface area contributed by atoms with Crippen LogP contribution in [-0.2, 0) is 0 Å². The largest absolute Gasteiger partial charge is 0.385 e. The van der Waals surface area contributed by atoms with E-state index in [0.717, 1.165) is 29.9 Å². The van der Waals surface area contributed by atoms with Crippen LogP contribution in [0.1, 0.15) is 18.9 Å². The van der Waals surface area contributed by atoms with E-state index in [0.29, 0.717) is 0 Å². The molecule has 0 radical (unpaired) electrons. The van der Waals surface area contributed by atoms with E-state index in [-0.39, 0.29) is 0 Å². The van der Waals surface area contributed by atoms with Crippen LogP contribution in [0.25, 0.3) is 16.7 Å². The summed E-state index contributed by atoms with van der Waals surface area (Å²) in [5.74, 6) is 0.730. The highest BCUT2D eigenvalue weighted by Gasteiger charge is 2.11. The maximum Gasteiger partial charge on any atom is 0.105 e. The van der Waals surface area contributed by atoms with Crippen LogP contribution in [0.15, 0.2) is 24.3 Å². The van der Waals surface area contributed by atoms with Gasteiger partial charge in [-0.3, -0.25) is 0 Å². The molecule has 1 aromatic heterocycles. The quantitative estimate of drug-likeness (QED) is 0.820. The Morgan fingerprint density at radius 1 is 1.31 bits per heavy atom. The molecular formula is C12H13N3S. The average molecular weight is 231 g/mol. The lowest BCUT2D eigenvalue weighted by Gasteiger charge is -2.20. The average Bonchev–Trinajstić information content (AvgIpc) is 2.77. The molecule has 1 atom stereocenters. The molecule has 0 bridgehead atoms. The predicted molar refractivity (Wildman–Crippen MR) is 67.2 cm³/mol. The van der Waals surface area contributed by atoms with Crippen LogP contribution in [0.5, 0.6) is 0 Å². The van der Waals surface area contributed by atoms with Crippen LogP contribution < -0.4 is 5.32 Å². The maximum absolute atomic E-state index is 4.26. The lowest BCUT2D eigenvalue weighted by molar-refractivity contribution is 0.550. The maximum atomic E-state index is 4.26. The fourth-order valence-electron chi connectivity index (χ4n) is 1.93. The summed E-state index contributed by atoms with van der Waals surface area (Å²) in [5.41, 5.74) is 4.42. The number of hydrogen-bond acceptors (Lipinski definition) is 4. The number of nitrogens with zero attached hydrogens (tertiary/aromatic N) is 2. The molecule has 0 saturated heterocycles. The Morgan fingerprint density at radius 3 is 3.00 bits per heavy atom. The zero-order valence-electron chi connectivity index (χ0n) is 9.10. The second-order valence-corrected chi connectivity index (χ2v) is 4.84. The van der Waals surface area contributed by atoms with Gasteiger partial charge in [0.15, 0.2) is 0 Å². The van der Waals surface area contributed by atoms with Crippen molar-refractivity contribution in [1.29, 1.82) is 0 Å². The Morgan fingerprint density at radius 2 is 2.19 bits per heavy atom. The summed E-state index contributed by atoms with van der Waals surface area (Å²) in [6.45, 7) is 3.31. The number of hydrogen-bond donors (Lipinski definition) is 1. The van der Waals surface area contributed by atoms with Gasteiger partial charge in [-0.25, -0.2) is 0 Å². The molecule has 1 unspecified atom stereocenters. The molecule has 1 aliphatic rings. The molecule has 2 aromatic rings. The summed E-state index contributed by atoms with van der Waals surface area (Å²) in [7, 11) is 0. The standard InChI is InChI=1S/C12H13N3S/c1-8-2-4-10(13-7-8)9-3-5-11-12(6-9)15-16-14-11/h3-6,8,13H,2,7H2,1H3. The van der Waals surface area contributed by atoms with Crippen molar-refractivity contribution in [3.05, 3.63) is 29.8 Å². The molecule has 0 amide bonds. The molecular weight excluding hydrogens is 218 g/mol. The van der Waals surface area contributed by atoms with E-state index in [9.17, 15) is 0 Å². The number of rotatable bonds is 1. The van der Waals surface area contributed by atoms with Crippen molar-refractivity contribution in [3.63, 3.8) is 0 Å². The van der Waals surface area contributed by atoms with Gasteiger partial charge in [0.1, 0.15) is 11.0 Å². The van der Waals surface area contributed by atoms with E-state index >= 15 is 0 Å². The molecule has 3 nitrogen and oxygen atoms in total. The molecule has 0 aliphatic carbocycles. The highest BCUT2D eigenvalue weighted by Crippen LogP contribution is 2.22. The van der Waals surface area contributed by atoms with E-state index in [1.54, 1.807) is 0 Å². The molecule has 4 heteroatoms. The minimum Gasteiger partial charge on any atom is -0.385 e. The Bertz CT molecular complexity index is 544. The lowest BCUT2D eigenvalue weighted by Crippen LogP contribution is -2.23. The van der Waals surface area contributed by atoms with Gasteiger partial charge in [-0.15, -0.1) is 0 Å². The van der Waals surface area contributed by atoms with Gasteiger partial charge in [-0.2, -0.15) is 8.75 Å². The fourth-order valence-corrected chi connectivity index (χ4v) is 2.45. The van der Waals surface area contributed by atoms with Crippen molar-refractivity contribution in [1.82, 2.24) is 14.1 Å². The number of fused-ring (bicyclic) bond motifs is 1. The topological polar surface area (TPSA) is 37.8 Å². The number of benzene rings is 1. The van der Waals surface area contributed by atoms with Crippen molar-refractivity contribution >= 4 is 28.5 Å². The molecule has 1 aromatic carbocycles. The Labute approximate surface area is 98.5 Å². The second-order valence-electron chi connectivity index (χ2n) is 4.31. The molecule has 16 heavy (non-hydrogen) atoms. The van der Waals surface area contributed by atoms with Crippen molar-refractivity contribution in [2.45, 2.75) is 13.3 Å². The molecule has 0 saturated carbocycles. The van der Waals surface area contributed by atoms with E-state index in [1.165, 1.54) is 23.0 Å². The van der Waals surface area contributed by atoms with Gasteiger partial charge in [-0.1, -0.05) is 19.1 Å². The Hall–Kier alpha value is -1.42. The molecule has 1 N–H and O–H groups in total. The summed E-state index contributed by atoms with van der Waals surface area (Å²) < 4.78 is 8.47. The van der Waals surface area contributed by atoms with E-state index in [4.69, 9.17) is 0 Å². The van der Waals surface area contributed by atoms with Crippen molar-refractivity contribution in [2.24, 2.45) is 5.92 Å². The molecule has 1 aliphatic heterocycles. The van der Waals surface area contributed by atoms with Gasteiger partial charge in [0.25, 0.3) is 0 Å².